The Kier molecular flexibility index (Phi) is 5.26. The number of hydrogen-bond acceptors (Lipinski definition) is 1. The maximum Gasteiger partial charge on any atom is 0.417 e. The Morgan fingerprint density at radius 1 is 0.920 bits per heavy atom. The van der Waals surface area contributed by atoms with Crippen LogP contribution in [0.4, 0.5) is 46.9 Å². The van der Waals surface area contributed by atoms with E-state index < -0.39 is 46.7 Å². The summed E-state index contributed by atoms with van der Waals surface area (Å²) in [7, 11) is 0. The van der Waals surface area contributed by atoms with Crippen LogP contribution < -0.4 is 10.6 Å². The molecule has 0 aliphatic carbocycles. The number of urea groups is 1. The Bertz CT molecular complexity index is 839. The van der Waals surface area contributed by atoms with Crippen molar-refractivity contribution in [1.82, 2.24) is 0 Å². The van der Waals surface area contributed by atoms with Gasteiger partial charge in [0.1, 0.15) is 0 Å². The maximum absolute atomic E-state index is 13.4. The van der Waals surface area contributed by atoms with Gasteiger partial charge in [-0.05, 0) is 18.2 Å². The highest BCUT2D eigenvalue weighted by Gasteiger charge is 2.33. The quantitative estimate of drug-likeness (QED) is 0.359. The minimum absolute atomic E-state index is 0.191. The number of nitrogens with one attached hydrogen (secondary N) is 2. The summed E-state index contributed by atoms with van der Waals surface area (Å²) in [6.07, 6.45) is -4.71. The average molecular weight is 431 g/mol. The standard InChI is InChI=1S/C14H6BrF7N2O/c15-7-2-1-5(3-6(7)14(20,21)22)23-13(25)24-9-4-8(16)10(17)12(19)11(9)18/h1-4H,(H2,23,24,25). The molecule has 11 heteroatoms. The second-order valence-corrected chi connectivity index (χ2v) is 5.47. The monoisotopic (exact) mass is 430 g/mol. The van der Waals surface area contributed by atoms with Gasteiger partial charge in [-0.2, -0.15) is 13.2 Å². The molecule has 2 amide bonds. The number of carbonyl (C=O) groups is 1. The smallest absolute Gasteiger partial charge is 0.308 e. The molecule has 134 valence electrons. The minimum atomic E-state index is -4.71. The summed E-state index contributed by atoms with van der Waals surface area (Å²) in [6.45, 7) is 0. The molecule has 0 saturated carbocycles. The van der Waals surface area contributed by atoms with E-state index in [2.05, 4.69) is 15.9 Å². The van der Waals surface area contributed by atoms with E-state index >= 15 is 0 Å². The van der Waals surface area contributed by atoms with Crippen molar-refractivity contribution in [1.29, 1.82) is 0 Å². The first kappa shape index (κ1) is 19.0. The maximum atomic E-state index is 13.4. The zero-order chi connectivity index (χ0) is 18.9. The third kappa shape index (κ3) is 4.21. The molecule has 2 aromatic rings. The number of benzene rings is 2. The van der Waals surface area contributed by atoms with Crippen molar-refractivity contribution < 1.29 is 35.5 Å². The van der Waals surface area contributed by atoms with E-state index in [1.54, 1.807) is 5.32 Å². The first-order valence-corrected chi connectivity index (χ1v) is 7.07. The van der Waals surface area contributed by atoms with Gasteiger partial charge < -0.3 is 10.6 Å². The van der Waals surface area contributed by atoms with Gasteiger partial charge >= 0.3 is 12.2 Å². The van der Waals surface area contributed by atoms with Crippen LogP contribution in [0.25, 0.3) is 0 Å². The Morgan fingerprint density at radius 2 is 1.56 bits per heavy atom. The SMILES string of the molecule is O=C(Nc1ccc(Br)c(C(F)(F)F)c1)Nc1cc(F)c(F)c(F)c1F. The first-order valence-electron chi connectivity index (χ1n) is 6.28. The van der Waals surface area contributed by atoms with E-state index in [4.69, 9.17) is 0 Å². The predicted molar refractivity (Wildman–Crippen MR) is 78.1 cm³/mol. The molecule has 0 radical (unpaired) electrons. The van der Waals surface area contributed by atoms with Crippen molar-refractivity contribution in [3.05, 3.63) is 57.6 Å². The van der Waals surface area contributed by atoms with Crippen LogP contribution in [0, 0.1) is 23.3 Å². The van der Waals surface area contributed by atoms with E-state index in [0.29, 0.717) is 6.07 Å². The number of hydrogen-bond donors (Lipinski definition) is 2. The van der Waals surface area contributed by atoms with Crippen LogP contribution in [0.5, 0.6) is 0 Å². The molecule has 0 unspecified atom stereocenters. The topological polar surface area (TPSA) is 41.1 Å². The molecule has 0 aliphatic rings. The molecule has 2 rings (SSSR count). The molecule has 25 heavy (non-hydrogen) atoms. The van der Waals surface area contributed by atoms with Crippen LogP contribution in [0.15, 0.2) is 28.7 Å². The number of amides is 2. The molecule has 0 fully saturated rings. The average Bonchev–Trinajstić information content (AvgIpc) is 2.51. The fourth-order valence-corrected chi connectivity index (χ4v) is 2.24. The molecule has 2 N–H and O–H groups in total. The number of anilines is 2. The fraction of sp³-hybridized carbons (Fsp3) is 0.0714. The lowest BCUT2D eigenvalue weighted by molar-refractivity contribution is -0.138. The van der Waals surface area contributed by atoms with E-state index in [9.17, 15) is 35.5 Å². The van der Waals surface area contributed by atoms with Gasteiger partial charge in [-0.1, -0.05) is 15.9 Å². The van der Waals surface area contributed by atoms with Crippen molar-refractivity contribution in [3.8, 4) is 0 Å². The molecule has 0 aliphatic heterocycles. The highest BCUT2D eigenvalue weighted by atomic mass is 79.9. The van der Waals surface area contributed by atoms with Crippen molar-refractivity contribution in [3.63, 3.8) is 0 Å². The largest absolute Gasteiger partial charge is 0.417 e. The molecule has 0 aromatic heterocycles. The van der Waals surface area contributed by atoms with Gasteiger partial charge in [-0.25, -0.2) is 22.4 Å². The Morgan fingerprint density at radius 3 is 2.16 bits per heavy atom. The molecular weight excluding hydrogens is 425 g/mol. The minimum Gasteiger partial charge on any atom is -0.308 e. The summed E-state index contributed by atoms with van der Waals surface area (Å²) in [6, 6.07) is 1.60. The van der Waals surface area contributed by atoms with Crippen LogP contribution in [-0.2, 0) is 6.18 Å². The molecule has 3 nitrogen and oxygen atoms in total. The lowest BCUT2D eigenvalue weighted by Gasteiger charge is -2.13. The second-order valence-electron chi connectivity index (χ2n) is 4.62. The zero-order valence-electron chi connectivity index (χ0n) is 11.7. The highest BCUT2D eigenvalue weighted by Crippen LogP contribution is 2.36. The van der Waals surface area contributed by atoms with Gasteiger partial charge in [0, 0.05) is 16.2 Å². The lowest BCUT2D eigenvalue weighted by Crippen LogP contribution is -2.21. The Balaban J connectivity index is 2.22. The zero-order valence-corrected chi connectivity index (χ0v) is 13.3. The highest BCUT2D eigenvalue weighted by molar-refractivity contribution is 9.10. The number of carbonyl (C=O) groups excluding carboxylic acids is 1. The van der Waals surface area contributed by atoms with Crippen LogP contribution in [-0.4, -0.2) is 6.03 Å². The summed E-state index contributed by atoms with van der Waals surface area (Å²) in [5, 5.41) is 3.61. The van der Waals surface area contributed by atoms with E-state index in [1.165, 1.54) is 0 Å². The van der Waals surface area contributed by atoms with Crippen LogP contribution >= 0.6 is 15.9 Å². The number of halogens is 8. The van der Waals surface area contributed by atoms with Gasteiger partial charge in [0.2, 0.25) is 0 Å². The van der Waals surface area contributed by atoms with Crippen molar-refractivity contribution in [2.45, 2.75) is 6.18 Å². The molecule has 0 bridgehead atoms. The number of alkyl halides is 3. The van der Waals surface area contributed by atoms with Gasteiger partial charge in [0.05, 0.1) is 11.3 Å². The summed E-state index contributed by atoms with van der Waals surface area (Å²) < 4.78 is 90.4. The predicted octanol–water partition coefficient (Wildman–Crippen LogP) is 5.67. The van der Waals surface area contributed by atoms with Gasteiger partial charge in [-0.3, -0.25) is 0 Å². The Hall–Kier alpha value is -2.30. The summed E-state index contributed by atoms with van der Waals surface area (Å²) in [5.41, 5.74) is -2.44. The molecule has 0 atom stereocenters. The second kappa shape index (κ2) is 6.90. The van der Waals surface area contributed by atoms with Gasteiger partial charge in [0.25, 0.3) is 0 Å². The van der Waals surface area contributed by atoms with Crippen molar-refractivity contribution in [2.75, 3.05) is 10.6 Å². The van der Waals surface area contributed by atoms with E-state index in [0.717, 1.165) is 12.1 Å². The van der Waals surface area contributed by atoms with Crippen LogP contribution in [0.2, 0.25) is 0 Å². The van der Waals surface area contributed by atoms with Crippen LogP contribution in [0.1, 0.15) is 5.56 Å². The number of rotatable bonds is 2. The molecule has 0 spiro atoms. The summed E-state index contributed by atoms with van der Waals surface area (Å²) in [4.78, 5) is 11.7. The Labute approximate surface area is 144 Å². The summed E-state index contributed by atoms with van der Waals surface area (Å²) in [5.74, 6) is -7.82. The lowest BCUT2D eigenvalue weighted by atomic mass is 10.2. The molecule has 0 heterocycles. The molecular formula is C14H6BrF7N2O. The van der Waals surface area contributed by atoms with Gasteiger partial charge in [-0.15, -0.1) is 0 Å². The van der Waals surface area contributed by atoms with E-state index in [1.807, 2.05) is 5.32 Å². The molecule has 2 aromatic carbocycles. The van der Waals surface area contributed by atoms with Crippen LogP contribution in [0.3, 0.4) is 0 Å². The van der Waals surface area contributed by atoms with Crippen molar-refractivity contribution in [2.24, 2.45) is 0 Å². The van der Waals surface area contributed by atoms with Gasteiger partial charge in [0.15, 0.2) is 23.3 Å². The van der Waals surface area contributed by atoms with Crippen molar-refractivity contribution >= 4 is 33.3 Å². The third-order valence-electron chi connectivity index (χ3n) is 2.88. The first-order chi connectivity index (χ1) is 11.5. The third-order valence-corrected chi connectivity index (χ3v) is 3.57. The normalized spacial score (nSPS) is 11.4. The van der Waals surface area contributed by atoms with E-state index in [-0.39, 0.29) is 16.2 Å². The fourth-order valence-electron chi connectivity index (χ4n) is 1.77. The molecule has 0 saturated heterocycles. The summed E-state index contributed by atoms with van der Waals surface area (Å²) >= 11 is 2.70.